The molecule has 142 valence electrons. The summed E-state index contributed by atoms with van der Waals surface area (Å²) in [4.78, 5) is 7.22. The summed E-state index contributed by atoms with van der Waals surface area (Å²) in [5.41, 5.74) is 4.41. The summed E-state index contributed by atoms with van der Waals surface area (Å²) in [6.45, 7) is 6.37. The molecule has 0 radical (unpaired) electrons. The van der Waals surface area contributed by atoms with Gasteiger partial charge in [0.15, 0.2) is 0 Å². The van der Waals surface area contributed by atoms with Gasteiger partial charge in [-0.25, -0.2) is 4.98 Å². The molecular weight excluding hydrogens is 344 g/mol. The highest BCUT2D eigenvalue weighted by atomic mass is 15.1. The van der Waals surface area contributed by atoms with E-state index in [1.165, 1.54) is 29.7 Å². The zero-order valence-electron chi connectivity index (χ0n) is 16.4. The first-order chi connectivity index (χ1) is 13.7. The average molecular weight is 371 g/mol. The number of aryl methyl sites for hydroxylation is 1. The molecular formula is C24H26N4. The molecule has 1 saturated heterocycles. The van der Waals surface area contributed by atoms with Crippen molar-refractivity contribution in [3.05, 3.63) is 77.6 Å². The topological polar surface area (TPSA) is 44.9 Å². The SMILES string of the molecule is Cc1cnc(-c2ccccc2)n1CC1CCCN(Cc2ccc(C#N)cc2)C1. The number of hydrogen-bond donors (Lipinski definition) is 0. The monoisotopic (exact) mass is 370 g/mol. The van der Waals surface area contributed by atoms with Gasteiger partial charge in [-0.05, 0) is 49.9 Å². The largest absolute Gasteiger partial charge is 0.328 e. The molecule has 0 aliphatic carbocycles. The van der Waals surface area contributed by atoms with Gasteiger partial charge in [-0.2, -0.15) is 5.26 Å². The van der Waals surface area contributed by atoms with E-state index in [4.69, 9.17) is 5.26 Å². The third kappa shape index (κ3) is 4.16. The predicted molar refractivity (Wildman–Crippen MR) is 112 cm³/mol. The highest BCUT2D eigenvalue weighted by Crippen LogP contribution is 2.25. The number of likely N-dealkylation sites (tertiary alicyclic amines) is 1. The highest BCUT2D eigenvalue weighted by molar-refractivity contribution is 5.55. The maximum atomic E-state index is 8.97. The van der Waals surface area contributed by atoms with Crippen LogP contribution in [-0.2, 0) is 13.1 Å². The van der Waals surface area contributed by atoms with Crippen LogP contribution in [0.25, 0.3) is 11.4 Å². The first kappa shape index (κ1) is 18.5. The van der Waals surface area contributed by atoms with Crippen molar-refractivity contribution in [2.45, 2.75) is 32.9 Å². The second-order valence-electron chi connectivity index (χ2n) is 7.75. The van der Waals surface area contributed by atoms with Crippen molar-refractivity contribution in [2.24, 2.45) is 5.92 Å². The number of rotatable bonds is 5. The van der Waals surface area contributed by atoms with Gasteiger partial charge in [0.1, 0.15) is 5.82 Å². The molecule has 0 amide bonds. The lowest BCUT2D eigenvalue weighted by Crippen LogP contribution is -2.36. The summed E-state index contributed by atoms with van der Waals surface area (Å²) in [6, 6.07) is 20.6. The molecule has 0 spiro atoms. The first-order valence-corrected chi connectivity index (χ1v) is 10.0. The van der Waals surface area contributed by atoms with E-state index in [2.05, 4.69) is 63.8 Å². The fourth-order valence-electron chi connectivity index (χ4n) is 4.15. The summed E-state index contributed by atoms with van der Waals surface area (Å²) in [7, 11) is 0. The Hall–Kier alpha value is -2.90. The van der Waals surface area contributed by atoms with Gasteiger partial charge in [-0.15, -0.1) is 0 Å². The van der Waals surface area contributed by atoms with E-state index in [9.17, 15) is 0 Å². The van der Waals surface area contributed by atoms with Crippen LogP contribution in [0.15, 0.2) is 60.8 Å². The number of imidazole rings is 1. The molecule has 1 atom stereocenters. The maximum absolute atomic E-state index is 8.97. The standard InChI is InChI=1S/C24H26N4/c1-19-15-26-24(23-7-3-2-4-8-23)28(19)18-22-6-5-13-27(17-22)16-21-11-9-20(14-25)10-12-21/h2-4,7-12,15,22H,5-6,13,16-18H2,1H3. The molecule has 0 saturated carbocycles. The van der Waals surface area contributed by atoms with Crippen molar-refractivity contribution in [2.75, 3.05) is 13.1 Å². The van der Waals surface area contributed by atoms with Crippen LogP contribution in [0, 0.1) is 24.2 Å². The van der Waals surface area contributed by atoms with Crippen molar-refractivity contribution >= 4 is 0 Å². The lowest BCUT2D eigenvalue weighted by atomic mass is 9.97. The second kappa shape index (κ2) is 8.41. The van der Waals surface area contributed by atoms with E-state index in [1.807, 2.05) is 24.4 Å². The molecule has 3 aromatic rings. The molecule has 28 heavy (non-hydrogen) atoms. The van der Waals surface area contributed by atoms with Crippen LogP contribution in [0.3, 0.4) is 0 Å². The molecule has 1 aromatic heterocycles. The Kier molecular flexibility index (Phi) is 5.55. The molecule has 4 rings (SSSR count). The minimum atomic E-state index is 0.627. The van der Waals surface area contributed by atoms with Crippen molar-refractivity contribution in [1.29, 1.82) is 5.26 Å². The average Bonchev–Trinajstić information content (AvgIpc) is 3.10. The molecule has 0 N–H and O–H groups in total. The van der Waals surface area contributed by atoms with Crippen LogP contribution in [-0.4, -0.2) is 27.5 Å². The summed E-state index contributed by atoms with van der Waals surface area (Å²) >= 11 is 0. The van der Waals surface area contributed by atoms with Crippen molar-refractivity contribution in [3.63, 3.8) is 0 Å². The van der Waals surface area contributed by atoms with Gasteiger partial charge in [0.2, 0.25) is 0 Å². The lowest BCUT2D eigenvalue weighted by Gasteiger charge is -2.33. The number of hydrogen-bond acceptors (Lipinski definition) is 3. The molecule has 2 aromatic carbocycles. The highest BCUT2D eigenvalue weighted by Gasteiger charge is 2.22. The summed E-state index contributed by atoms with van der Waals surface area (Å²) in [6.07, 6.45) is 4.48. The summed E-state index contributed by atoms with van der Waals surface area (Å²) < 4.78 is 2.38. The van der Waals surface area contributed by atoms with E-state index in [0.29, 0.717) is 5.92 Å². The number of nitrogens with zero attached hydrogens (tertiary/aromatic N) is 4. The Bertz CT molecular complexity index is 951. The second-order valence-corrected chi connectivity index (χ2v) is 7.75. The third-order valence-corrected chi connectivity index (χ3v) is 5.62. The van der Waals surface area contributed by atoms with Gasteiger partial charge in [0, 0.05) is 37.1 Å². The minimum absolute atomic E-state index is 0.627. The smallest absolute Gasteiger partial charge is 0.140 e. The van der Waals surface area contributed by atoms with Crippen LogP contribution in [0.5, 0.6) is 0 Å². The van der Waals surface area contributed by atoms with Crippen LogP contribution in [0.2, 0.25) is 0 Å². The van der Waals surface area contributed by atoms with Gasteiger partial charge >= 0.3 is 0 Å². The fraction of sp³-hybridized carbons (Fsp3) is 0.333. The lowest BCUT2D eigenvalue weighted by molar-refractivity contribution is 0.156. The van der Waals surface area contributed by atoms with E-state index >= 15 is 0 Å². The molecule has 0 bridgehead atoms. The number of aromatic nitrogens is 2. The number of nitriles is 1. The van der Waals surface area contributed by atoms with Gasteiger partial charge in [-0.3, -0.25) is 4.90 Å². The van der Waals surface area contributed by atoms with Crippen molar-refractivity contribution in [3.8, 4) is 17.5 Å². The Balaban J connectivity index is 1.44. The quantitative estimate of drug-likeness (QED) is 0.657. The molecule has 1 unspecified atom stereocenters. The Morgan fingerprint density at radius 2 is 1.89 bits per heavy atom. The zero-order chi connectivity index (χ0) is 19.3. The van der Waals surface area contributed by atoms with E-state index in [1.54, 1.807) is 0 Å². The molecule has 1 fully saturated rings. The third-order valence-electron chi connectivity index (χ3n) is 5.62. The predicted octanol–water partition coefficient (Wildman–Crippen LogP) is 4.64. The normalized spacial score (nSPS) is 17.4. The van der Waals surface area contributed by atoms with Crippen LogP contribution < -0.4 is 0 Å². The van der Waals surface area contributed by atoms with E-state index in [0.717, 1.165) is 37.6 Å². The van der Waals surface area contributed by atoms with Crippen LogP contribution in [0.1, 0.15) is 29.7 Å². The minimum Gasteiger partial charge on any atom is -0.328 e. The maximum Gasteiger partial charge on any atom is 0.140 e. The molecule has 1 aliphatic rings. The number of benzene rings is 2. The first-order valence-electron chi connectivity index (χ1n) is 10.0. The van der Waals surface area contributed by atoms with Gasteiger partial charge in [0.25, 0.3) is 0 Å². The number of piperidine rings is 1. The van der Waals surface area contributed by atoms with Crippen LogP contribution in [0.4, 0.5) is 0 Å². The summed E-state index contributed by atoms with van der Waals surface area (Å²) in [5.74, 6) is 1.70. The molecule has 4 nitrogen and oxygen atoms in total. The van der Waals surface area contributed by atoms with Crippen molar-refractivity contribution in [1.82, 2.24) is 14.5 Å². The van der Waals surface area contributed by atoms with Gasteiger partial charge in [-0.1, -0.05) is 42.5 Å². The van der Waals surface area contributed by atoms with Gasteiger partial charge in [0.05, 0.1) is 11.6 Å². The van der Waals surface area contributed by atoms with Gasteiger partial charge < -0.3 is 4.57 Å². The molecule has 4 heteroatoms. The Morgan fingerprint density at radius 3 is 2.64 bits per heavy atom. The fourth-order valence-corrected chi connectivity index (χ4v) is 4.15. The van der Waals surface area contributed by atoms with Crippen LogP contribution >= 0.6 is 0 Å². The molecule has 1 aliphatic heterocycles. The molecule has 2 heterocycles. The Labute approximate surface area is 167 Å². The van der Waals surface area contributed by atoms with E-state index < -0.39 is 0 Å². The summed E-state index contributed by atoms with van der Waals surface area (Å²) in [5, 5.41) is 8.97. The Morgan fingerprint density at radius 1 is 1.11 bits per heavy atom. The van der Waals surface area contributed by atoms with E-state index in [-0.39, 0.29) is 0 Å². The zero-order valence-corrected chi connectivity index (χ0v) is 16.4. The van der Waals surface area contributed by atoms with Crippen molar-refractivity contribution < 1.29 is 0 Å².